The Morgan fingerprint density at radius 1 is 1.29 bits per heavy atom. The monoisotopic (exact) mass is 257 g/mol. The highest BCUT2D eigenvalue weighted by Gasteiger charge is 2.14. The van der Waals surface area contributed by atoms with Gasteiger partial charge in [-0.15, -0.1) is 0 Å². The number of nitro groups is 1. The molecule has 0 aliphatic carbocycles. The van der Waals surface area contributed by atoms with Crippen LogP contribution in [-0.4, -0.2) is 4.92 Å². The topological polar surface area (TPSA) is 43.1 Å². The smallest absolute Gasteiger partial charge is 0.258 e. The molecule has 0 saturated carbocycles. The molecule has 0 amide bonds. The first kappa shape index (κ1) is 11.2. The fraction of sp³-hybridized carbons (Fsp3) is 0.400. The average Bonchev–Trinajstić information content (AvgIpc) is 2.16. The molecule has 0 radical (unpaired) electrons. The summed E-state index contributed by atoms with van der Waals surface area (Å²) in [7, 11) is 0. The van der Waals surface area contributed by atoms with Gasteiger partial charge in [0.05, 0.1) is 9.40 Å². The molecule has 14 heavy (non-hydrogen) atoms. The third kappa shape index (κ3) is 2.12. The van der Waals surface area contributed by atoms with E-state index in [4.69, 9.17) is 0 Å². The van der Waals surface area contributed by atoms with Crippen LogP contribution in [0.1, 0.15) is 25.0 Å². The Morgan fingerprint density at radius 3 is 2.21 bits per heavy atom. The maximum atomic E-state index is 10.7. The van der Waals surface area contributed by atoms with Crippen LogP contribution in [0.5, 0.6) is 0 Å². The highest BCUT2D eigenvalue weighted by Crippen LogP contribution is 2.28. The van der Waals surface area contributed by atoms with Crippen LogP contribution in [0.4, 0.5) is 5.69 Å². The second kappa shape index (κ2) is 4.55. The molecule has 0 saturated heterocycles. The van der Waals surface area contributed by atoms with Crippen LogP contribution in [0.3, 0.4) is 0 Å². The van der Waals surface area contributed by atoms with E-state index in [1.165, 1.54) is 5.56 Å². The Kier molecular flexibility index (Phi) is 3.63. The van der Waals surface area contributed by atoms with Crippen molar-refractivity contribution in [1.82, 2.24) is 0 Å². The second-order valence-electron chi connectivity index (χ2n) is 3.04. The van der Waals surface area contributed by atoms with Crippen molar-refractivity contribution >= 4 is 21.6 Å². The summed E-state index contributed by atoms with van der Waals surface area (Å²) in [5.74, 6) is 0. The van der Waals surface area contributed by atoms with Gasteiger partial charge in [-0.05, 0) is 46.0 Å². The van der Waals surface area contributed by atoms with Crippen LogP contribution in [0, 0.1) is 10.1 Å². The number of hydrogen-bond donors (Lipinski definition) is 0. The number of aryl methyl sites for hydroxylation is 2. The van der Waals surface area contributed by atoms with E-state index in [1.54, 1.807) is 6.07 Å². The number of benzene rings is 1. The summed E-state index contributed by atoms with van der Waals surface area (Å²) in [5, 5.41) is 10.7. The Balaban J connectivity index is 3.30. The minimum absolute atomic E-state index is 0.152. The summed E-state index contributed by atoms with van der Waals surface area (Å²) >= 11 is 3.21. The molecule has 0 heterocycles. The van der Waals surface area contributed by atoms with Gasteiger partial charge in [0.25, 0.3) is 5.69 Å². The summed E-state index contributed by atoms with van der Waals surface area (Å²) in [6, 6.07) is 3.50. The van der Waals surface area contributed by atoms with Gasteiger partial charge in [0.2, 0.25) is 0 Å². The Labute approximate surface area is 91.4 Å². The molecule has 1 aromatic rings. The molecule has 0 unspecified atom stereocenters. The predicted molar refractivity (Wildman–Crippen MR) is 59.6 cm³/mol. The normalized spacial score (nSPS) is 10.2. The lowest BCUT2D eigenvalue weighted by molar-refractivity contribution is -0.385. The van der Waals surface area contributed by atoms with Crippen molar-refractivity contribution in [2.24, 2.45) is 0 Å². The van der Waals surface area contributed by atoms with E-state index in [-0.39, 0.29) is 10.6 Å². The van der Waals surface area contributed by atoms with Gasteiger partial charge in [0.1, 0.15) is 0 Å². The van der Waals surface area contributed by atoms with Crippen molar-refractivity contribution in [1.29, 1.82) is 0 Å². The Bertz CT molecular complexity index is 363. The van der Waals surface area contributed by atoms with E-state index in [9.17, 15) is 10.1 Å². The van der Waals surface area contributed by atoms with Gasteiger partial charge in [-0.3, -0.25) is 10.1 Å². The van der Waals surface area contributed by atoms with Crippen LogP contribution in [0.25, 0.3) is 0 Å². The molecule has 0 N–H and O–H groups in total. The van der Waals surface area contributed by atoms with E-state index < -0.39 is 0 Å². The molecule has 4 heteroatoms. The predicted octanol–water partition coefficient (Wildman–Crippen LogP) is 3.48. The molecule has 0 aromatic heterocycles. The van der Waals surface area contributed by atoms with E-state index in [1.807, 2.05) is 19.9 Å². The number of rotatable bonds is 3. The molecule has 0 fully saturated rings. The van der Waals surface area contributed by atoms with E-state index >= 15 is 0 Å². The molecule has 3 nitrogen and oxygen atoms in total. The van der Waals surface area contributed by atoms with Crippen molar-refractivity contribution in [3.05, 3.63) is 37.8 Å². The number of nitro benzene ring substituents is 1. The fourth-order valence-electron chi connectivity index (χ4n) is 1.44. The molecular weight excluding hydrogens is 246 g/mol. The summed E-state index contributed by atoms with van der Waals surface area (Å²) in [4.78, 5) is 10.3. The molecule has 1 rings (SSSR count). The first-order chi connectivity index (χ1) is 6.60. The maximum absolute atomic E-state index is 10.7. The van der Waals surface area contributed by atoms with Crippen molar-refractivity contribution in [2.45, 2.75) is 26.7 Å². The summed E-state index contributed by atoms with van der Waals surface area (Å²) in [6.45, 7) is 4.05. The molecule has 0 aliphatic rings. The fourth-order valence-corrected chi connectivity index (χ4v) is 1.98. The minimum atomic E-state index is -0.358. The second-order valence-corrected chi connectivity index (χ2v) is 3.89. The lowest BCUT2D eigenvalue weighted by Gasteiger charge is -2.06. The van der Waals surface area contributed by atoms with Crippen molar-refractivity contribution in [2.75, 3.05) is 0 Å². The van der Waals surface area contributed by atoms with Gasteiger partial charge < -0.3 is 0 Å². The van der Waals surface area contributed by atoms with Crippen molar-refractivity contribution in [3.63, 3.8) is 0 Å². The lowest BCUT2D eigenvalue weighted by Crippen LogP contribution is -1.96. The van der Waals surface area contributed by atoms with Gasteiger partial charge in [-0.25, -0.2) is 0 Å². The molecule has 76 valence electrons. The number of nitrogens with zero attached hydrogens (tertiary/aromatic N) is 1. The zero-order valence-corrected chi connectivity index (χ0v) is 9.80. The van der Waals surface area contributed by atoms with Gasteiger partial charge >= 0.3 is 0 Å². The quantitative estimate of drug-likeness (QED) is 0.615. The molecule has 0 aliphatic heterocycles. The highest BCUT2D eigenvalue weighted by molar-refractivity contribution is 9.10. The molecule has 1 aromatic carbocycles. The van der Waals surface area contributed by atoms with E-state index in [0.717, 1.165) is 18.4 Å². The van der Waals surface area contributed by atoms with Crippen LogP contribution in [0.2, 0.25) is 0 Å². The first-order valence-corrected chi connectivity index (χ1v) is 5.35. The largest absolute Gasteiger partial charge is 0.283 e. The van der Waals surface area contributed by atoms with Crippen LogP contribution in [0.15, 0.2) is 16.6 Å². The van der Waals surface area contributed by atoms with Crippen LogP contribution >= 0.6 is 15.9 Å². The van der Waals surface area contributed by atoms with Gasteiger partial charge in [-0.1, -0.05) is 13.8 Å². The first-order valence-electron chi connectivity index (χ1n) is 4.55. The zero-order valence-electron chi connectivity index (χ0n) is 8.21. The SMILES string of the molecule is CCc1cc(Br)c([N+](=O)[O-])cc1CC. The summed E-state index contributed by atoms with van der Waals surface area (Å²) in [5.41, 5.74) is 2.38. The summed E-state index contributed by atoms with van der Waals surface area (Å²) in [6.07, 6.45) is 1.73. The number of hydrogen-bond acceptors (Lipinski definition) is 2. The highest BCUT2D eigenvalue weighted by atomic mass is 79.9. The van der Waals surface area contributed by atoms with Gasteiger partial charge in [-0.2, -0.15) is 0 Å². The van der Waals surface area contributed by atoms with Crippen molar-refractivity contribution in [3.8, 4) is 0 Å². The standard InChI is InChI=1S/C10H12BrNO2/c1-3-7-5-9(11)10(12(13)14)6-8(7)4-2/h5-6H,3-4H2,1-2H3. The molecule has 0 atom stereocenters. The lowest BCUT2D eigenvalue weighted by atomic mass is 10.0. The van der Waals surface area contributed by atoms with Gasteiger partial charge in [0, 0.05) is 6.07 Å². The third-order valence-corrected chi connectivity index (χ3v) is 2.86. The van der Waals surface area contributed by atoms with Crippen LogP contribution in [-0.2, 0) is 12.8 Å². The minimum Gasteiger partial charge on any atom is -0.258 e. The number of halogens is 1. The van der Waals surface area contributed by atoms with Gasteiger partial charge in [0.15, 0.2) is 0 Å². The molecule has 0 bridgehead atoms. The Hall–Kier alpha value is -0.900. The molecule has 0 spiro atoms. The average molecular weight is 258 g/mol. The molecular formula is C10H12BrNO2. The zero-order chi connectivity index (χ0) is 10.7. The van der Waals surface area contributed by atoms with Crippen LogP contribution < -0.4 is 0 Å². The Morgan fingerprint density at radius 2 is 1.79 bits per heavy atom. The maximum Gasteiger partial charge on any atom is 0.283 e. The van der Waals surface area contributed by atoms with Crippen molar-refractivity contribution < 1.29 is 4.92 Å². The third-order valence-electron chi connectivity index (χ3n) is 2.23. The summed E-state index contributed by atoms with van der Waals surface area (Å²) < 4.78 is 0.566. The van der Waals surface area contributed by atoms with E-state index in [2.05, 4.69) is 15.9 Å². The van der Waals surface area contributed by atoms with E-state index in [0.29, 0.717) is 4.47 Å².